The van der Waals surface area contributed by atoms with Crippen LogP contribution in [0.15, 0.2) is 91.0 Å². The molecule has 3 aromatic rings. The molecule has 0 heterocycles. The number of anilines is 1. The second kappa shape index (κ2) is 7.16. The molecule has 0 spiro atoms. The quantitative estimate of drug-likeness (QED) is 0.713. The third kappa shape index (κ3) is 3.55. The number of benzene rings is 3. The number of amides is 2. The van der Waals surface area contributed by atoms with Gasteiger partial charge in [0.15, 0.2) is 0 Å². The van der Waals surface area contributed by atoms with Gasteiger partial charge in [0.1, 0.15) is 0 Å². The summed E-state index contributed by atoms with van der Waals surface area (Å²) in [6.07, 6.45) is 0. The van der Waals surface area contributed by atoms with Gasteiger partial charge in [0.2, 0.25) is 7.29 Å². The molecule has 0 bridgehead atoms. The molecule has 0 saturated carbocycles. The first-order chi connectivity index (χ1) is 11.7. The van der Waals surface area contributed by atoms with Gasteiger partial charge >= 0.3 is 6.03 Å². The number of para-hydroxylation sites is 1. The van der Waals surface area contributed by atoms with E-state index in [0.29, 0.717) is 16.3 Å². The fraction of sp³-hybridized carbons (Fsp3) is 0. The average molecular weight is 336 g/mol. The first-order valence-electron chi connectivity index (χ1n) is 7.54. The molecule has 0 aliphatic carbocycles. The zero-order chi connectivity index (χ0) is 16.8. The van der Waals surface area contributed by atoms with Crippen LogP contribution in [0.25, 0.3) is 0 Å². The summed E-state index contributed by atoms with van der Waals surface area (Å²) in [7, 11) is -3.28. The summed E-state index contributed by atoms with van der Waals surface area (Å²) < 4.78 is 13.6. The topological polar surface area (TPSA) is 58.2 Å². The van der Waals surface area contributed by atoms with Crippen LogP contribution in [0, 0.1) is 0 Å². The Morgan fingerprint density at radius 3 is 1.54 bits per heavy atom. The van der Waals surface area contributed by atoms with E-state index in [-0.39, 0.29) is 0 Å². The molecule has 3 aromatic carbocycles. The van der Waals surface area contributed by atoms with Crippen molar-refractivity contribution in [1.82, 2.24) is 5.09 Å². The first-order valence-corrected chi connectivity index (χ1v) is 9.25. The Bertz CT molecular complexity index is 809. The van der Waals surface area contributed by atoms with Gasteiger partial charge in [0.05, 0.1) is 0 Å². The lowest BCUT2D eigenvalue weighted by molar-refractivity contribution is 0.256. The van der Waals surface area contributed by atoms with Crippen LogP contribution in [-0.4, -0.2) is 6.03 Å². The van der Waals surface area contributed by atoms with Gasteiger partial charge in [-0.05, 0) is 36.4 Å². The number of hydrogen-bond acceptors (Lipinski definition) is 2. The minimum absolute atomic E-state index is 0.503. The van der Waals surface area contributed by atoms with Crippen molar-refractivity contribution in [2.75, 3.05) is 5.32 Å². The van der Waals surface area contributed by atoms with Crippen molar-refractivity contribution in [2.45, 2.75) is 0 Å². The summed E-state index contributed by atoms with van der Waals surface area (Å²) in [5.41, 5.74) is 0.641. The molecule has 0 aromatic heterocycles. The number of urea groups is 1. The molecule has 0 radical (unpaired) electrons. The largest absolute Gasteiger partial charge is 0.325 e. The molecule has 5 heteroatoms. The van der Waals surface area contributed by atoms with Crippen molar-refractivity contribution >= 4 is 29.6 Å². The molecule has 120 valence electrons. The molecular formula is C19H17N2O2P. The Morgan fingerprint density at radius 1 is 0.667 bits per heavy atom. The van der Waals surface area contributed by atoms with Gasteiger partial charge in [-0.1, -0.05) is 54.6 Å². The summed E-state index contributed by atoms with van der Waals surface area (Å²) in [6.45, 7) is 0. The molecule has 0 atom stereocenters. The second-order valence-electron chi connectivity index (χ2n) is 5.21. The first kappa shape index (κ1) is 16.0. The highest BCUT2D eigenvalue weighted by molar-refractivity contribution is 7.77. The van der Waals surface area contributed by atoms with E-state index in [2.05, 4.69) is 10.4 Å². The van der Waals surface area contributed by atoms with E-state index in [0.717, 1.165) is 0 Å². The van der Waals surface area contributed by atoms with Crippen LogP contribution in [0.1, 0.15) is 0 Å². The van der Waals surface area contributed by atoms with Gasteiger partial charge in [0.25, 0.3) is 0 Å². The van der Waals surface area contributed by atoms with Crippen LogP contribution >= 0.6 is 7.29 Å². The van der Waals surface area contributed by atoms with Gasteiger partial charge in [-0.3, -0.25) is 9.65 Å². The SMILES string of the molecule is O=C(Nc1ccccc1)NP(=O)(c1ccccc1)c1ccccc1. The predicted octanol–water partition coefficient (Wildman–Crippen LogP) is 3.74. The lowest BCUT2D eigenvalue weighted by Crippen LogP contribution is -2.34. The fourth-order valence-corrected chi connectivity index (χ4v) is 4.46. The van der Waals surface area contributed by atoms with E-state index in [9.17, 15) is 9.36 Å². The summed E-state index contributed by atoms with van der Waals surface area (Å²) in [5.74, 6) is 0. The van der Waals surface area contributed by atoms with E-state index < -0.39 is 13.3 Å². The Hall–Kier alpha value is -2.84. The van der Waals surface area contributed by atoms with Crippen LogP contribution in [0.2, 0.25) is 0 Å². The molecule has 2 N–H and O–H groups in total. The number of nitrogens with one attached hydrogen (secondary N) is 2. The maximum atomic E-state index is 13.6. The van der Waals surface area contributed by atoms with Gasteiger partial charge in [-0.15, -0.1) is 0 Å². The molecule has 4 nitrogen and oxygen atoms in total. The van der Waals surface area contributed by atoms with Gasteiger partial charge in [-0.25, -0.2) is 4.79 Å². The van der Waals surface area contributed by atoms with E-state index in [1.54, 1.807) is 36.4 Å². The molecule has 3 rings (SSSR count). The lowest BCUT2D eigenvalue weighted by Gasteiger charge is -2.20. The van der Waals surface area contributed by atoms with Crippen LogP contribution in [-0.2, 0) is 4.57 Å². The highest BCUT2D eigenvalue weighted by Crippen LogP contribution is 2.38. The third-order valence-electron chi connectivity index (χ3n) is 3.53. The van der Waals surface area contributed by atoms with E-state index >= 15 is 0 Å². The van der Waals surface area contributed by atoms with Gasteiger partial charge in [0, 0.05) is 16.3 Å². The summed E-state index contributed by atoms with van der Waals surface area (Å²) in [6, 6.07) is 26.5. The minimum atomic E-state index is -3.28. The van der Waals surface area contributed by atoms with Crippen molar-refractivity contribution in [3.8, 4) is 0 Å². The number of carbonyl (C=O) groups is 1. The van der Waals surface area contributed by atoms with Gasteiger partial charge in [-0.2, -0.15) is 0 Å². The average Bonchev–Trinajstić information content (AvgIpc) is 2.64. The summed E-state index contributed by atoms with van der Waals surface area (Å²) in [5, 5.41) is 6.56. The normalized spacial score (nSPS) is 10.8. The lowest BCUT2D eigenvalue weighted by atomic mass is 10.3. The monoisotopic (exact) mass is 336 g/mol. The van der Waals surface area contributed by atoms with Gasteiger partial charge < -0.3 is 5.32 Å². The minimum Gasteiger partial charge on any atom is -0.308 e. The highest BCUT2D eigenvalue weighted by Gasteiger charge is 2.29. The Labute approximate surface area is 141 Å². The molecule has 0 aliphatic rings. The van der Waals surface area contributed by atoms with Crippen molar-refractivity contribution in [3.05, 3.63) is 91.0 Å². The number of rotatable bonds is 4. The zero-order valence-corrected chi connectivity index (χ0v) is 13.8. The molecule has 24 heavy (non-hydrogen) atoms. The second-order valence-corrected chi connectivity index (χ2v) is 7.69. The molecule has 0 aliphatic heterocycles. The maximum Gasteiger partial charge on any atom is 0.325 e. The maximum absolute atomic E-state index is 13.6. The van der Waals surface area contributed by atoms with Crippen molar-refractivity contribution < 1.29 is 9.36 Å². The van der Waals surface area contributed by atoms with E-state index in [1.807, 2.05) is 54.6 Å². The molecule has 0 fully saturated rings. The van der Waals surface area contributed by atoms with Crippen LogP contribution in [0.5, 0.6) is 0 Å². The Balaban J connectivity index is 1.92. The molecular weight excluding hydrogens is 319 g/mol. The molecule has 0 saturated heterocycles. The van der Waals surface area contributed by atoms with Crippen molar-refractivity contribution in [3.63, 3.8) is 0 Å². The highest BCUT2D eigenvalue weighted by atomic mass is 31.2. The summed E-state index contributed by atoms with van der Waals surface area (Å²) in [4.78, 5) is 12.4. The molecule has 2 amide bonds. The van der Waals surface area contributed by atoms with Crippen molar-refractivity contribution in [1.29, 1.82) is 0 Å². The molecule has 0 unspecified atom stereocenters. The standard InChI is InChI=1S/C19H17N2O2P/c22-19(20-16-10-4-1-5-11-16)21-24(23,17-12-6-2-7-13-17)18-14-8-3-9-15-18/h1-15H,(H2,20,21,22,23). The Morgan fingerprint density at radius 2 is 1.08 bits per heavy atom. The smallest absolute Gasteiger partial charge is 0.308 e. The van der Waals surface area contributed by atoms with E-state index in [4.69, 9.17) is 0 Å². The third-order valence-corrected chi connectivity index (χ3v) is 6.10. The summed E-state index contributed by atoms with van der Waals surface area (Å²) >= 11 is 0. The Kier molecular flexibility index (Phi) is 4.78. The van der Waals surface area contributed by atoms with Crippen LogP contribution < -0.4 is 21.0 Å². The number of hydrogen-bond donors (Lipinski definition) is 2. The number of carbonyl (C=O) groups excluding carboxylic acids is 1. The van der Waals surface area contributed by atoms with Crippen LogP contribution in [0.3, 0.4) is 0 Å². The zero-order valence-electron chi connectivity index (χ0n) is 12.9. The van der Waals surface area contributed by atoms with Crippen LogP contribution in [0.4, 0.5) is 10.5 Å². The van der Waals surface area contributed by atoms with Crippen molar-refractivity contribution in [2.24, 2.45) is 0 Å². The van der Waals surface area contributed by atoms with E-state index in [1.165, 1.54) is 0 Å². The predicted molar refractivity (Wildman–Crippen MR) is 98.4 cm³/mol. The fourth-order valence-electron chi connectivity index (χ4n) is 2.38.